The molecular formula is C17H25NO. The summed E-state index contributed by atoms with van der Waals surface area (Å²) in [5.74, 6) is 0.816. The molecule has 1 fully saturated rings. The van der Waals surface area contributed by atoms with E-state index < -0.39 is 0 Å². The highest BCUT2D eigenvalue weighted by Gasteiger charge is 2.31. The number of carbonyl (C=O) groups excluding carboxylic acids is 1. The van der Waals surface area contributed by atoms with Gasteiger partial charge in [-0.05, 0) is 36.8 Å². The quantitative estimate of drug-likeness (QED) is 0.819. The van der Waals surface area contributed by atoms with E-state index in [2.05, 4.69) is 19.9 Å². The average Bonchev–Trinajstić information content (AvgIpc) is 2.75. The van der Waals surface area contributed by atoms with Gasteiger partial charge in [-0.2, -0.15) is 0 Å². The molecule has 0 amide bonds. The molecule has 19 heavy (non-hydrogen) atoms. The van der Waals surface area contributed by atoms with Crippen LogP contribution >= 0.6 is 0 Å². The summed E-state index contributed by atoms with van der Waals surface area (Å²) < 4.78 is 0. The molecular weight excluding hydrogens is 234 g/mol. The first-order valence-electron chi connectivity index (χ1n) is 7.39. The second-order valence-corrected chi connectivity index (χ2v) is 6.47. The van der Waals surface area contributed by atoms with Crippen molar-refractivity contribution in [1.29, 1.82) is 0 Å². The maximum Gasteiger partial charge on any atom is 0.164 e. The lowest BCUT2D eigenvalue weighted by molar-refractivity contribution is 0.0952. The number of Topliss-reactive ketones (excluding diaryl/α,β-unsaturated/α-hetero) is 1. The highest BCUT2D eigenvalue weighted by molar-refractivity contribution is 5.97. The van der Waals surface area contributed by atoms with E-state index in [1.165, 1.54) is 5.56 Å². The SMILES string of the molecule is CC(C)Cc1cccc(C(=O)CC2(N)CCCC2)c1. The Balaban J connectivity index is 2.06. The Morgan fingerprint density at radius 1 is 1.32 bits per heavy atom. The minimum atomic E-state index is -0.245. The Bertz CT molecular complexity index is 444. The zero-order valence-corrected chi connectivity index (χ0v) is 12.1. The highest BCUT2D eigenvalue weighted by atomic mass is 16.1. The molecule has 0 bridgehead atoms. The second-order valence-electron chi connectivity index (χ2n) is 6.47. The summed E-state index contributed by atoms with van der Waals surface area (Å²) in [6, 6.07) is 8.05. The molecule has 0 unspecified atom stereocenters. The number of benzene rings is 1. The van der Waals surface area contributed by atoms with Crippen LogP contribution in [0.2, 0.25) is 0 Å². The van der Waals surface area contributed by atoms with Gasteiger partial charge in [-0.15, -0.1) is 0 Å². The first-order valence-corrected chi connectivity index (χ1v) is 7.39. The molecule has 1 saturated carbocycles. The first kappa shape index (κ1) is 14.3. The van der Waals surface area contributed by atoms with Gasteiger partial charge in [0.05, 0.1) is 0 Å². The number of nitrogens with two attached hydrogens (primary N) is 1. The largest absolute Gasteiger partial charge is 0.325 e. The zero-order valence-electron chi connectivity index (χ0n) is 12.1. The van der Waals surface area contributed by atoms with Crippen molar-refractivity contribution >= 4 is 5.78 Å². The Hall–Kier alpha value is -1.15. The fourth-order valence-corrected chi connectivity index (χ4v) is 3.02. The fraction of sp³-hybridized carbons (Fsp3) is 0.588. The van der Waals surface area contributed by atoms with Crippen LogP contribution in [0.4, 0.5) is 0 Å². The van der Waals surface area contributed by atoms with Gasteiger partial charge in [-0.1, -0.05) is 44.9 Å². The molecule has 2 N–H and O–H groups in total. The lowest BCUT2D eigenvalue weighted by Gasteiger charge is -2.22. The van der Waals surface area contributed by atoms with Crippen molar-refractivity contribution < 1.29 is 4.79 Å². The Labute approximate surface area is 116 Å². The summed E-state index contributed by atoms with van der Waals surface area (Å²) in [4.78, 5) is 12.4. The van der Waals surface area contributed by atoms with Crippen molar-refractivity contribution in [1.82, 2.24) is 0 Å². The van der Waals surface area contributed by atoms with Gasteiger partial charge in [-0.25, -0.2) is 0 Å². The molecule has 1 aliphatic rings. The predicted molar refractivity (Wildman–Crippen MR) is 79.3 cm³/mol. The van der Waals surface area contributed by atoms with Crippen LogP contribution in [-0.2, 0) is 6.42 Å². The van der Waals surface area contributed by atoms with Crippen LogP contribution in [0.25, 0.3) is 0 Å². The Morgan fingerprint density at radius 2 is 2.00 bits per heavy atom. The molecule has 0 saturated heterocycles. The summed E-state index contributed by atoms with van der Waals surface area (Å²) in [6.45, 7) is 4.39. The van der Waals surface area contributed by atoms with Crippen LogP contribution in [-0.4, -0.2) is 11.3 Å². The zero-order chi connectivity index (χ0) is 13.9. The van der Waals surface area contributed by atoms with E-state index in [1.54, 1.807) is 0 Å². The summed E-state index contributed by atoms with van der Waals surface area (Å²) in [6.07, 6.45) is 5.83. The monoisotopic (exact) mass is 259 g/mol. The maximum atomic E-state index is 12.4. The maximum absolute atomic E-state index is 12.4. The van der Waals surface area contributed by atoms with Gasteiger partial charge in [-0.3, -0.25) is 4.79 Å². The molecule has 0 aliphatic heterocycles. The van der Waals surface area contributed by atoms with Crippen molar-refractivity contribution in [3.63, 3.8) is 0 Å². The van der Waals surface area contributed by atoms with Crippen molar-refractivity contribution in [3.8, 4) is 0 Å². The van der Waals surface area contributed by atoms with Crippen molar-refractivity contribution in [2.24, 2.45) is 11.7 Å². The molecule has 2 nitrogen and oxygen atoms in total. The number of rotatable bonds is 5. The van der Waals surface area contributed by atoms with Crippen LogP contribution in [0.3, 0.4) is 0 Å². The minimum Gasteiger partial charge on any atom is -0.325 e. The summed E-state index contributed by atoms with van der Waals surface area (Å²) in [5.41, 5.74) is 8.13. The van der Waals surface area contributed by atoms with Gasteiger partial charge < -0.3 is 5.73 Å². The topological polar surface area (TPSA) is 43.1 Å². The van der Waals surface area contributed by atoms with Crippen LogP contribution < -0.4 is 5.73 Å². The molecule has 0 heterocycles. The molecule has 0 radical (unpaired) electrons. The summed E-state index contributed by atoms with van der Waals surface area (Å²) in [5, 5.41) is 0. The summed E-state index contributed by atoms with van der Waals surface area (Å²) >= 11 is 0. The second kappa shape index (κ2) is 5.87. The van der Waals surface area contributed by atoms with Crippen LogP contribution in [0.15, 0.2) is 24.3 Å². The standard InChI is InChI=1S/C17H25NO/c1-13(2)10-14-6-5-7-15(11-14)16(19)12-17(18)8-3-4-9-17/h5-7,11,13H,3-4,8-10,12,18H2,1-2H3. The van der Waals surface area contributed by atoms with Crippen molar-refractivity contribution in [3.05, 3.63) is 35.4 Å². The third-order valence-corrected chi connectivity index (χ3v) is 4.00. The summed E-state index contributed by atoms with van der Waals surface area (Å²) in [7, 11) is 0. The third kappa shape index (κ3) is 3.90. The normalized spacial score (nSPS) is 17.9. The third-order valence-electron chi connectivity index (χ3n) is 4.00. The molecule has 1 aromatic rings. The number of hydrogen-bond donors (Lipinski definition) is 1. The van der Waals surface area contributed by atoms with E-state index in [1.807, 2.05) is 18.2 Å². The molecule has 2 heteroatoms. The number of hydrogen-bond acceptors (Lipinski definition) is 2. The van der Waals surface area contributed by atoms with Gasteiger partial charge in [0.2, 0.25) is 0 Å². The van der Waals surface area contributed by atoms with E-state index in [-0.39, 0.29) is 11.3 Å². The van der Waals surface area contributed by atoms with Gasteiger partial charge >= 0.3 is 0 Å². The van der Waals surface area contributed by atoms with Crippen LogP contribution in [0.5, 0.6) is 0 Å². The van der Waals surface area contributed by atoms with Gasteiger partial charge in [0.15, 0.2) is 5.78 Å². The van der Waals surface area contributed by atoms with E-state index in [9.17, 15) is 4.79 Å². The van der Waals surface area contributed by atoms with Gasteiger partial charge in [0.1, 0.15) is 0 Å². The lowest BCUT2D eigenvalue weighted by Crippen LogP contribution is -2.38. The van der Waals surface area contributed by atoms with E-state index >= 15 is 0 Å². The first-order chi connectivity index (χ1) is 8.98. The van der Waals surface area contributed by atoms with E-state index in [0.717, 1.165) is 37.7 Å². The smallest absolute Gasteiger partial charge is 0.164 e. The van der Waals surface area contributed by atoms with E-state index in [4.69, 9.17) is 5.73 Å². The van der Waals surface area contributed by atoms with Gasteiger partial charge in [0, 0.05) is 17.5 Å². The van der Waals surface area contributed by atoms with Crippen molar-refractivity contribution in [2.75, 3.05) is 0 Å². The molecule has 104 valence electrons. The predicted octanol–water partition coefficient (Wildman–Crippen LogP) is 3.73. The van der Waals surface area contributed by atoms with Gasteiger partial charge in [0.25, 0.3) is 0 Å². The Kier molecular flexibility index (Phi) is 4.41. The van der Waals surface area contributed by atoms with E-state index in [0.29, 0.717) is 12.3 Å². The lowest BCUT2D eigenvalue weighted by atomic mass is 9.89. The molecule has 0 atom stereocenters. The Morgan fingerprint density at radius 3 is 2.63 bits per heavy atom. The molecule has 0 spiro atoms. The fourth-order valence-electron chi connectivity index (χ4n) is 3.02. The minimum absolute atomic E-state index is 0.204. The molecule has 1 aliphatic carbocycles. The van der Waals surface area contributed by atoms with Crippen LogP contribution in [0, 0.1) is 5.92 Å². The molecule has 2 rings (SSSR count). The number of carbonyl (C=O) groups is 1. The molecule has 1 aromatic carbocycles. The highest BCUT2D eigenvalue weighted by Crippen LogP contribution is 2.31. The number of ketones is 1. The van der Waals surface area contributed by atoms with Crippen LogP contribution in [0.1, 0.15) is 61.9 Å². The molecule has 0 aromatic heterocycles. The van der Waals surface area contributed by atoms with Crippen molar-refractivity contribution in [2.45, 2.75) is 57.9 Å². The average molecular weight is 259 g/mol.